The molecule has 4 aromatic rings. The number of hydrogen-bond donors (Lipinski definition) is 0. The van der Waals surface area contributed by atoms with Crippen molar-refractivity contribution in [2.45, 2.75) is 13.8 Å². The van der Waals surface area contributed by atoms with Crippen LogP contribution in [-0.2, 0) is 0 Å². The van der Waals surface area contributed by atoms with Crippen molar-refractivity contribution >= 4 is 32.6 Å². The number of benzene rings is 3. The number of carbonyl (C=O) groups is 1. The van der Waals surface area contributed by atoms with Gasteiger partial charge in [-0.1, -0.05) is 55.5 Å². The summed E-state index contributed by atoms with van der Waals surface area (Å²) in [6, 6.07) is 22.6. The maximum Gasteiger partial charge on any atom is 0.263 e. The lowest BCUT2D eigenvalue weighted by molar-refractivity contribution is 0.0981. The third-order valence-electron chi connectivity index (χ3n) is 5.68. The SMILES string of the molecule is CCN(CC)CCN(C(=O)c1ccccc1Oc1ccccc1)c1nc2ccc(OC)cc2s1. The number of fused-ring (bicyclic) bond motifs is 1. The zero-order valence-electron chi connectivity index (χ0n) is 19.7. The lowest BCUT2D eigenvalue weighted by Crippen LogP contribution is -2.39. The molecule has 0 atom stereocenters. The number of ether oxygens (including phenoxy) is 2. The van der Waals surface area contributed by atoms with Gasteiger partial charge in [0.15, 0.2) is 5.13 Å². The van der Waals surface area contributed by atoms with Gasteiger partial charge in [-0.2, -0.15) is 0 Å². The van der Waals surface area contributed by atoms with Crippen LogP contribution in [-0.4, -0.2) is 49.1 Å². The highest BCUT2D eigenvalue weighted by Crippen LogP contribution is 2.34. The van der Waals surface area contributed by atoms with E-state index >= 15 is 0 Å². The molecule has 0 spiro atoms. The first kappa shape index (κ1) is 23.7. The Morgan fingerprint density at radius 2 is 1.65 bits per heavy atom. The van der Waals surface area contributed by atoms with Crippen molar-refractivity contribution in [1.29, 1.82) is 0 Å². The summed E-state index contributed by atoms with van der Waals surface area (Å²) >= 11 is 1.49. The van der Waals surface area contributed by atoms with Crippen LogP contribution in [0.2, 0.25) is 0 Å². The zero-order valence-corrected chi connectivity index (χ0v) is 20.5. The number of nitrogens with zero attached hydrogens (tertiary/aromatic N) is 3. The van der Waals surface area contributed by atoms with Crippen LogP contribution in [0.15, 0.2) is 72.8 Å². The molecule has 7 heteroatoms. The average molecular weight is 476 g/mol. The van der Waals surface area contributed by atoms with Gasteiger partial charge >= 0.3 is 0 Å². The molecule has 0 unspecified atom stereocenters. The van der Waals surface area contributed by atoms with Crippen molar-refractivity contribution in [2.24, 2.45) is 0 Å². The molecule has 1 heterocycles. The van der Waals surface area contributed by atoms with E-state index in [9.17, 15) is 4.79 Å². The number of rotatable bonds is 10. The van der Waals surface area contributed by atoms with Crippen LogP contribution in [0, 0.1) is 0 Å². The molecular weight excluding hydrogens is 446 g/mol. The zero-order chi connectivity index (χ0) is 23.9. The van der Waals surface area contributed by atoms with Crippen LogP contribution >= 0.6 is 11.3 Å². The molecule has 0 saturated heterocycles. The van der Waals surface area contributed by atoms with E-state index in [0.717, 1.165) is 35.6 Å². The minimum absolute atomic E-state index is 0.135. The Hall–Kier alpha value is -3.42. The second kappa shape index (κ2) is 11.1. The molecule has 4 rings (SSSR count). The molecule has 0 aliphatic rings. The van der Waals surface area contributed by atoms with Crippen molar-refractivity contribution in [3.63, 3.8) is 0 Å². The van der Waals surface area contributed by atoms with Gasteiger partial charge in [-0.3, -0.25) is 9.69 Å². The van der Waals surface area contributed by atoms with Gasteiger partial charge in [0.1, 0.15) is 17.2 Å². The normalized spacial score (nSPS) is 11.1. The number of thiazole rings is 1. The topological polar surface area (TPSA) is 54.9 Å². The molecule has 0 N–H and O–H groups in total. The summed E-state index contributed by atoms with van der Waals surface area (Å²) in [5.41, 5.74) is 1.35. The Kier molecular flexibility index (Phi) is 7.77. The van der Waals surface area contributed by atoms with Crippen molar-refractivity contribution in [3.8, 4) is 17.2 Å². The first-order chi connectivity index (χ1) is 16.6. The van der Waals surface area contributed by atoms with Crippen molar-refractivity contribution in [1.82, 2.24) is 9.88 Å². The molecule has 34 heavy (non-hydrogen) atoms. The van der Waals surface area contributed by atoms with Crippen LogP contribution in [0.1, 0.15) is 24.2 Å². The van der Waals surface area contributed by atoms with Crippen LogP contribution in [0.3, 0.4) is 0 Å². The molecule has 0 radical (unpaired) electrons. The van der Waals surface area contributed by atoms with E-state index in [4.69, 9.17) is 14.5 Å². The first-order valence-electron chi connectivity index (χ1n) is 11.4. The molecule has 1 aromatic heterocycles. The quantitative estimate of drug-likeness (QED) is 0.278. The maximum absolute atomic E-state index is 13.9. The highest BCUT2D eigenvalue weighted by Gasteiger charge is 2.25. The van der Waals surface area contributed by atoms with Gasteiger partial charge < -0.3 is 14.4 Å². The molecule has 0 saturated carbocycles. The molecule has 0 bridgehead atoms. The van der Waals surface area contributed by atoms with E-state index in [1.54, 1.807) is 18.1 Å². The fraction of sp³-hybridized carbons (Fsp3) is 0.259. The number of anilines is 1. The van der Waals surface area contributed by atoms with E-state index in [0.29, 0.717) is 28.7 Å². The smallest absolute Gasteiger partial charge is 0.263 e. The summed E-state index contributed by atoms with van der Waals surface area (Å²) in [7, 11) is 1.65. The van der Waals surface area contributed by atoms with E-state index in [1.165, 1.54) is 11.3 Å². The summed E-state index contributed by atoms with van der Waals surface area (Å²) in [5.74, 6) is 1.84. The fourth-order valence-electron chi connectivity index (χ4n) is 3.69. The second-order valence-corrected chi connectivity index (χ2v) is 8.73. The molecule has 1 amide bonds. The number of amides is 1. The lowest BCUT2D eigenvalue weighted by Gasteiger charge is -2.25. The Morgan fingerprint density at radius 3 is 2.38 bits per heavy atom. The fourth-order valence-corrected chi connectivity index (χ4v) is 4.71. The Morgan fingerprint density at radius 1 is 0.912 bits per heavy atom. The molecule has 0 aliphatic carbocycles. The standard InChI is InChI=1S/C27H29N3O3S/c1-4-29(5-2)17-18-30(27-28-23-16-15-21(32-3)19-25(23)34-27)26(31)22-13-9-10-14-24(22)33-20-11-7-6-8-12-20/h6-16,19H,4-5,17-18H2,1-3H3. The maximum atomic E-state index is 13.9. The highest BCUT2D eigenvalue weighted by molar-refractivity contribution is 7.22. The molecule has 6 nitrogen and oxygen atoms in total. The third-order valence-corrected chi connectivity index (χ3v) is 6.72. The average Bonchev–Trinajstić information content (AvgIpc) is 3.30. The van der Waals surface area contributed by atoms with Crippen LogP contribution in [0.5, 0.6) is 17.2 Å². The minimum Gasteiger partial charge on any atom is -0.497 e. The highest BCUT2D eigenvalue weighted by atomic mass is 32.1. The Balaban J connectivity index is 1.70. The summed E-state index contributed by atoms with van der Waals surface area (Å²) in [5, 5.41) is 0.662. The number of para-hydroxylation sites is 2. The first-order valence-corrected chi connectivity index (χ1v) is 12.2. The number of aromatic nitrogens is 1. The summed E-state index contributed by atoms with van der Waals surface area (Å²) in [4.78, 5) is 22.8. The van der Waals surface area contributed by atoms with Crippen LogP contribution in [0.25, 0.3) is 10.2 Å². The van der Waals surface area contributed by atoms with Gasteiger partial charge in [-0.25, -0.2) is 4.98 Å². The minimum atomic E-state index is -0.135. The lowest BCUT2D eigenvalue weighted by atomic mass is 10.1. The molecule has 176 valence electrons. The van der Waals surface area contributed by atoms with Crippen molar-refractivity contribution in [3.05, 3.63) is 78.4 Å². The van der Waals surface area contributed by atoms with E-state index in [1.807, 2.05) is 66.7 Å². The summed E-state index contributed by atoms with van der Waals surface area (Å²) in [6.45, 7) is 7.37. The second-order valence-electron chi connectivity index (χ2n) is 7.73. The largest absolute Gasteiger partial charge is 0.497 e. The monoisotopic (exact) mass is 475 g/mol. The summed E-state index contributed by atoms with van der Waals surface area (Å²) in [6.07, 6.45) is 0. The van der Waals surface area contributed by atoms with Crippen LogP contribution in [0.4, 0.5) is 5.13 Å². The molecule has 3 aromatic carbocycles. The Bertz CT molecular complexity index is 1240. The number of likely N-dealkylation sites (N-methyl/N-ethyl adjacent to an activating group) is 1. The van der Waals surface area contributed by atoms with Gasteiger partial charge in [0.2, 0.25) is 0 Å². The number of carbonyl (C=O) groups excluding carboxylic acids is 1. The predicted molar refractivity (Wildman–Crippen MR) is 139 cm³/mol. The van der Waals surface area contributed by atoms with E-state index in [2.05, 4.69) is 18.7 Å². The van der Waals surface area contributed by atoms with E-state index < -0.39 is 0 Å². The summed E-state index contributed by atoms with van der Waals surface area (Å²) < 4.78 is 12.4. The van der Waals surface area contributed by atoms with Gasteiger partial charge in [-0.15, -0.1) is 0 Å². The number of hydrogen-bond acceptors (Lipinski definition) is 6. The van der Waals surface area contributed by atoms with Gasteiger partial charge in [0, 0.05) is 13.1 Å². The van der Waals surface area contributed by atoms with Gasteiger partial charge in [0.05, 0.1) is 22.9 Å². The predicted octanol–water partition coefficient (Wildman–Crippen LogP) is 6.09. The van der Waals surface area contributed by atoms with Crippen molar-refractivity contribution < 1.29 is 14.3 Å². The van der Waals surface area contributed by atoms with E-state index in [-0.39, 0.29) is 5.91 Å². The molecule has 0 aliphatic heterocycles. The van der Waals surface area contributed by atoms with Crippen LogP contribution < -0.4 is 14.4 Å². The Labute approximate surface area is 204 Å². The van der Waals surface area contributed by atoms with Crippen molar-refractivity contribution in [2.75, 3.05) is 38.2 Å². The molecule has 0 fully saturated rings. The van der Waals surface area contributed by atoms with Gasteiger partial charge in [0.25, 0.3) is 5.91 Å². The van der Waals surface area contributed by atoms with Gasteiger partial charge in [-0.05, 0) is 55.6 Å². The number of methoxy groups -OCH3 is 1. The molecular formula is C27H29N3O3S. The third kappa shape index (κ3) is 5.38.